The van der Waals surface area contributed by atoms with E-state index >= 15 is 0 Å². The van der Waals surface area contributed by atoms with Crippen LogP contribution in [0.15, 0.2) is 0 Å². The molecule has 0 rings (SSSR count). The maximum Gasteiger partial charge on any atom is 0.407 e. The first-order valence-electron chi connectivity index (χ1n) is 7.16. The lowest BCUT2D eigenvalue weighted by atomic mass is 9.99. The summed E-state index contributed by atoms with van der Waals surface area (Å²) in [6.07, 6.45) is 2.77. The molecule has 1 amide bonds. The van der Waals surface area contributed by atoms with Crippen LogP contribution in [0.2, 0.25) is 0 Å². The van der Waals surface area contributed by atoms with Crippen LogP contribution in [0, 0.1) is 5.92 Å². The van der Waals surface area contributed by atoms with Gasteiger partial charge in [-0.1, -0.05) is 40.5 Å². The maximum absolute atomic E-state index is 11.9. The molecule has 0 spiro atoms. The molecular weight excluding hydrogens is 246 g/mol. The van der Waals surface area contributed by atoms with Gasteiger partial charge in [-0.05, 0) is 18.8 Å². The number of rotatable bonds is 9. The third-order valence-corrected chi connectivity index (χ3v) is 2.92. The van der Waals surface area contributed by atoms with Gasteiger partial charge in [-0.15, -0.1) is 0 Å². The molecule has 19 heavy (non-hydrogen) atoms. The molecule has 0 aromatic rings. The number of hydrogen-bond donors (Lipinski definition) is 1. The molecule has 0 radical (unpaired) electrons. The summed E-state index contributed by atoms with van der Waals surface area (Å²) in [6, 6.07) is -0.634. The molecule has 5 heteroatoms. The Hall–Kier alpha value is -1.26. The van der Waals surface area contributed by atoms with Gasteiger partial charge in [0.15, 0.2) is 0 Å². The molecule has 2 atom stereocenters. The predicted molar refractivity (Wildman–Crippen MR) is 73.9 cm³/mol. The summed E-state index contributed by atoms with van der Waals surface area (Å²) in [5, 5.41) is 2.60. The Kier molecular flexibility index (Phi) is 9.94. The van der Waals surface area contributed by atoms with Gasteiger partial charge in [0.2, 0.25) is 0 Å². The molecule has 0 aliphatic carbocycles. The number of unbranched alkanes of at least 4 members (excludes halogenated alkanes) is 1. The maximum atomic E-state index is 11.9. The second-order valence-corrected chi connectivity index (χ2v) is 4.66. The smallest absolute Gasteiger partial charge is 0.407 e. The van der Waals surface area contributed by atoms with Crippen LogP contribution in [0.1, 0.15) is 53.4 Å². The van der Waals surface area contributed by atoms with E-state index in [1.807, 2.05) is 27.7 Å². The number of amides is 1. The summed E-state index contributed by atoms with van der Waals surface area (Å²) in [6.45, 7) is 8.57. The zero-order valence-electron chi connectivity index (χ0n) is 12.5. The molecule has 5 nitrogen and oxygen atoms in total. The summed E-state index contributed by atoms with van der Waals surface area (Å²) < 4.78 is 10.1. The predicted octanol–water partition coefficient (Wildman–Crippen LogP) is 2.88. The van der Waals surface area contributed by atoms with Crippen molar-refractivity contribution < 1.29 is 19.1 Å². The SMILES string of the molecule is CCCCOC(=O)NC(C(=O)OCCC)C(C)CC. The van der Waals surface area contributed by atoms with E-state index in [0.717, 1.165) is 25.7 Å². The first kappa shape index (κ1) is 17.7. The van der Waals surface area contributed by atoms with Crippen molar-refractivity contribution in [2.45, 2.75) is 59.4 Å². The van der Waals surface area contributed by atoms with Crippen LogP contribution in [0.4, 0.5) is 4.79 Å². The third-order valence-electron chi connectivity index (χ3n) is 2.92. The van der Waals surface area contributed by atoms with Gasteiger partial charge in [0.1, 0.15) is 6.04 Å². The molecule has 0 bridgehead atoms. The highest BCUT2D eigenvalue weighted by Crippen LogP contribution is 2.10. The highest BCUT2D eigenvalue weighted by Gasteiger charge is 2.27. The van der Waals surface area contributed by atoms with Crippen LogP contribution in [-0.4, -0.2) is 31.3 Å². The monoisotopic (exact) mass is 273 g/mol. The van der Waals surface area contributed by atoms with Crippen molar-refractivity contribution in [3.05, 3.63) is 0 Å². The Labute approximate surface area is 116 Å². The number of ether oxygens (including phenoxy) is 2. The zero-order chi connectivity index (χ0) is 14.7. The topological polar surface area (TPSA) is 64.6 Å². The van der Waals surface area contributed by atoms with Gasteiger partial charge >= 0.3 is 12.1 Å². The Bertz CT molecular complexity index is 268. The summed E-state index contributed by atoms with van der Waals surface area (Å²) in [7, 11) is 0. The van der Waals surface area contributed by atoms with E-state index in [2.05, 4.69) is 5.32 Å². The van der Waals surface area contributed by atoms with Crippen molar-refractivity contribution in [3.8, 4) is 0 Å². The summed E-state index contributed by atoms with van der Waals surface area (Å²) >= 11 is 0. The van der Waals surface area contributed by atoms with Crippen molar-refractivity contribution in [1.82, 2.24) is 5.32 Å². The van der Waals surface area contributed by atoms with E-state index in [9.17, 15) is 9.59 Å². The zero-order valence-corrected chi connectivity index (χ0v) is 12.5. The molecule has 0 saturated carbocycles. The van der Waals surface area contributed by atoms with Crippen LogP contribution in [0.25, 0.3) is 0 Å². The van der Waals surface area contributed by atoms with Gasteiger partial charge in [-0.2, -0.15) is 0 Å². The molecule has 0 aliphatic heterocycles. The second kappa shape index (κ2) is 10.6. The molecule has 0 aliphatic rings. The lowest BCUT2D eigenvalue weighted by Crippen LogP contribution is -2.46. The fourth-order valence-electron chi connectivity index (χ4n) is 1.44. The average Bonchev–Trinajstić information content (AvgIpc) is 2.41. The first-order valence-corrected chi connectivity index (χ1v) is 7.16. The minimum Gasteiger partial charge on any atom is -0.464 e. The number of alkyl carbamates (subject to hydrolysis) is 1. The van der Waals surface area contributed by atoms with E-state index < -0.39 is 12.1 Å². The van der Waals surface area contributed by atoms with Gasteiger partial charge in [0.05, 0.1) is 13.2 Å². The second-order valence-electron chi connectivity index (χ2n) is 4.66. The normalized spacial score (nSPS) is 13.5. The molecule has 0 heterocycles. The van der Waals surface area contributed by atoms with E-state index in [1.54, 1.807) is 0 Å². The van der Waals surface area contributed by atoms with Crippen LogP contribution >= 0.6 is 0 Å². The lowest BCUT2D eigenvalue weighted by Gasteiger charge is -2.22. The summed E-state index contributed by atoms with van der Waals surface area (Å²) in [5.74, 6) is -0.369. The first-order chi connectivity index (χ1) is 9.06. The third kappa shape index (κ3) is 7.70. The van der Waals surface area contributed by atoms with E-state index in [-0.39, 0.29) is 11.9 Å². The van der Waals surface area contributed by atoms with E-state index in [4.69, 9.17) is 9.47 Å². The van der Waals surface area contributed by atoms with Gasteiger partial charge in [-0.25, -0.2) is 9.59 Å². The molecule has 0 saturated heterocycles. The summed E-state index contributed by atoms with van der Waals surface area (Å²) in [5.41, 5.74) is 0. The molecule has 2 unspecified atom stereocenters. The van der Waals surface area contributed by atoms with Crippen LogP contribution < -0.4 is 5.32 Å². The fourth-order valence-corrected chi connectivity index (χ4v) is 1.44. The van der Waals surface area contributed by atoms with Crippen molar-refractivity contribution in [2.24, 2.45) is 5.92 Å². The van der Waals surface area contributed by atoms with Crippen molar-refractivity contribution in [2.75, 3.05) is 13.2 Å². The average molecular weight is 273 g/mol. The minimum atomic E-state index is -0.634. The van der Waals surface area contributed by atoms with Crippen LogP contribution in [0.3, 0.4) is 0 Å². The van der Waals surface area contributed by atoms with Gasteiger partial charge in [0, 0.05) is 0 Å². The molecule has 0 aromatic carbocycles. The number of nitrogens with one attached hydrogen (secondary N) is 1. The van der Waals surface area contributed by atoms with Crippen molar-refractivity contribution >= 4 is 12.1 Å². The minimum absolute atomic E-state index is 0.0167. The number of carbonyl (C=O) groups is 2. The highest BCUT2D eigenvalue weighted by molar-refractivity contribution is 5.81. The van der Waals surface area contributed by atoms with Gasteiger partial charge in [0.25, 0.3) is 0 Å². The van der Waals surface area contributed by atoms with Crippen molar-refractivity contribution in [3.63, 3.8) is 0 Å². The largest absolute Gasteiger partial charge is 0.464 e. The number of carbonyl (C=O) groups excluding carboxylic acids is 2. The highest BCUT2D eigenvalue weighted by atomic mass is 16.6. The molecular formula is C14H27NO4. The molecule has 0 aromatic heterocycles. The summed E-state index contributed by atoms with van der Waals surface area (Å²) in [4.78, 5) is 23.5. The Morgan fingerprint density at radius 3 is 2.26 bits per heavy atom. The van der Waals surface area contributed by atoms with Gasteiger partial charge in [-0.3, -0.25) is 0 Å². The van der Waals surface area contributed by atoms with E-state index in [0.29, 0.717) is 13.2 Å². The lowest BCUT2D eigenvalue weighted by molar-refractivity contribution is -0.147. The standard InChI is InChI=1S/C14H27NO4/c1-5-8-10-19-14(17)15-12(11(4)7-3)13(16)18-9-6-2/h11-12H,5-10H2,1-4H3,(H,15,17). The van der Waals surface area contributed by atoms with Gasteiger partial charge < -0.3 is 14.8 Å². The fraction of sp³-hybridized carbons (Fsp3) is 0.857. The molecule has 0 fully saturated rings. The quantitative estimate of drug-likeness (QED) is 0.518. The molecule has 112 valence electrons. The van der Waals surface area contributed by atoms with Crippen molar-refractivity contribution in [1.29, 1.82) is 0 Å². The van der Waals surface area contributed by atoms with Crippen LogP contribution in [-0.2, 0) is 14.3 Å². The Balaban J connectivity index is 4.34. The number of esters is 1. The Morgan fingerprint density at radius 2 is 1.74 bits per heavy atom. The number of hydrogen-bond acceptors (Lipinski definition) is 4. The Morgan fingerprint density at radius 1 is 1.05 bits per heavy atom. The molecule has 1 N–H and O–H groups in total. The van der Waals surface area contributed by atoms with E-state index in [1.165, 1.54) is 0 Å². The van der Waals surface area contributed by atoms with Crippen LogP contribution in [0.5, 0.6) is 0 Å².